The molecule has 1 unspecified atom stereocenters. The predicted molar refractivity (Wildman–Crippen MR) is 64.3 cm³/mol. The molecule has 0 aliphatic rings. The Kier molecular flexibility index (Phi) is 8.38. The lowest BCUT2D eigenvalue weighted by atomic mass is 9.88. The van der Waals surface area contributed by atoms with E-state index < -0.39 is 0 Å². The molecule has 0 rings (SSSR count). The number of carbonyl (C=O) groups is 1. The van der Waals surface area contributed by atoms with E-state index in [9.17, 15) is 4.79 Å². The van der Waals surface area contributed by atoms with Gasteiger partial charge in [-0.15, -0.1) is 0 Å². The van der Waals surface area contributed by atoms with Gasteiger partial charge in [0.15, 0.2) is 0 Å². The first-order chi connectivity index (χ1) is 7.11. The number of hydrogen-bond donors (Lipinski definition) is 2. The van der Waals surface area contributed by atoms with E-state index in [1.165, 1.54) is 25.7 Å². The third kappa shape index (κ3) is 7.37. The second kappa shape index (κ2) is 8.72. The van der Waals surface area contributed by atoms with Crippen molar-refractivity contribution in [2.24, 2.45) is 17.4 Å². The van der Waals surface area contributed by atoms with Crippen LogP contribution in [-0.4, -0.2) is 11.9 Å². The molecule has 15 heavy (non-hydrogen) atoms. The van der Waals surface area contributed by atoms with Crippen molar-refractivity contribution in [3.05, 3.63) is 0 Å². The van der Waals surface area contributed by atoms with E-state index in [0.29, 0.717) is 12.3 Å². The molecule has 0 aromatic carbocycles. The number of unbranched alkanes of at least 4 members (excludes halogenated alkanes) is 2. The van der Waals surface area contributed by atoms with Crippen molar-refractivity contribution in [1.82, 2.24) is 0 Å². The maximum Gasteiger partial charge on any atom is 0.218 e. The average Bonchev–Trinajstić information content (AvgIpc) is 2.17. The standard InChI is InChI=1S/C12H26N2O/c1-3-5-7-10(8-6-4-2)11(13)9-12(14)15/h10-11H,3-9,13H2,1-2H3,(H2,14,15). The van der Waals surface area contributed by atoms with Gasteiger partial charge in [0, 0.05) is 12.5 Å². The highest BCUT2D eigenvalue weighted by Crippen LogP contribution is 2.20. The van der Waals surface area contributed by atoms with Gasteiger partial charge in [-0.1, -0.05) is 39.5 Å². The first kappa shape index (κ1) is 14.4. The smallest absolute Gasteiger partial charge is 0.218 e. The van der Waals surface area contributed by atoms with Crippen LogP contribution >= 0.6 is 0 Å². The third-order valence-electron chi connectivity index (χ3n) is 2.90. The number of nitrogens with two attached hydrogens (primary N) is 2. The van der Waals surface area contributed by atoms with Crippen molar-refractivity contribution in [3.8, 4) is 0 Å². The lowest BCUT2D eigenvalue weighted by Gasteiger charge is -2.22. The molecule has 1 amide bonds. The zero-order chi connectivity index (χ0) is 11.7. The van der Waals surface area contributed by atoms with Gasteiger partial charge < -0.3 is 11.5 Å². The molecule has 90 valence electrons. The van der Waals surface area contributed by atoms with Gasteiger partial charge in [0.2, 0.25) is 5.91 Å². The molecule has 0 aromatic rings. The minimum atomic E-state index is -0.277. The molecule has 0 aromatic heterocycles. The Bertz CT molecular complexity index is 163. The van der Waals surface area contributed by atoms with Crippen molar-refractivity contribution < 1.29 is 4.79 Å². The predicted octanol–water partition coefficient (Wildman–Crippen LogP) is 2.19. The summed E-state index contributed by atoms with van der Waals surface area (Å²) in [6.07, 6.45) is 7.35. The van der Waals surface area contributed by atoms with Crippen molar-refractivity contribution in [3.63, 3.8) is 0 Å². The summed E-state index contributed by atoms with van der Waals surface area (Å²) in [6, 6.07) is -0.0411. The van der Waals surface area contributed by atoms with E-state index in [4.69, 9.17) is 11.5 Å². The van der Waals surface area contributed by atoms with Crippen molar-refractivity contribution >= 4 is 5.91 Å². The summed E-state index contributed by atoms with van der Waals surface area (Å²) in [4.78, 5) is 10.8. The summed E-state index contributed by atoms with van der Waals surface area (Å²) in [7, 11) is 0. The van der Waals surface area contributed by atoms with Crippen LogP contribution in [0.4, 0.5) is 0 Å². The van der Waals surface area contributed by atoms with Gasteiger partial charge in [0.25, 0.3) is 0 Å². The van der Waals surface area contributed by atoms with Crippen molar-refractivity contribution in [2.75, 3.05) is 0 Å². The summed E-state index contributed by atoms with van der Waals surface area (Å²) in [5, 5.41) is 0. The number of carbonyl (C=O) groups excluding carboxylic acids is 1. The van der Waals surface area contributed by atoms with Gasteiger partial charge in [-0.25, -0.2) is 0 Å². The Labute approximate surface area is 93.6 Å². The average molecular weight is 214 g/mol. The molecule has 0 aliphatic heterocycles. The van der Waals surface area contributed by atoms with Gasteiger partial charge >= 0.3 is 0 Å². The van der Waals surface area contributed by atoms with Crippen LogP contribution in [0.25, 0.3) is 0 Å². The summed E-state index contributed by atoms with van der Waals surface area (Å²) in [5.74, 6) is 0.192. The third-order valence-corrected chi connectivity index (χ3v) is 2.90. The topological polar surface area (TPSA) is 69.1 Å². The largest absolute Gasteiger partial charge is 0.370 e. The maximum absolute atomic E-state index is 10.8. The normalized spacial score (nSPS) is 13.1. The van der Waals surface area contributed by atoms with Crippen LogP contribution in [0.1, 0.15) is 58.8 Å². The quantitative estimate of drug-likeness (QED) is 0.617. The molecule has 0 saturated carbocycles. The van der Waals surface area contributed by atoms with E-state index in [1.807, 2.05) is 0 Å². The van der Waals surface area contributed by atoms with Crippen LogP contribution in [0.2, 0.25) is 0 Å². The molecule has 0 heterocycles. The van der Waals surface area contributed by atoms with Crippen LogP contribution in [0.3, 0.4) is 0 Å². The lowest BCUT2D eigenvalue weighted by Crippen LogP contribution is -2.34. The Balaban J connectivity index is 4.00. The van der Waals surface area contributed by atoms with E-state index in [1.54, 1.807) is 0 Å². The highest BCUT2D eigenvalue weighted by molar-refractivity contribution is 5.74. The van der Waals surface area contributed by atoms with Crippen molar-refractivity contribution in [2.45, 2.75) is 64.8 Å². The summed E-state index contributed by atoms with van der Waals surface area (Å²) in [5.41, 5.74) is 11.2. The fraction of sp³-hybridized carbons (Fsp3) is 0.917. The molecule has 0 saturated heterocycles. The second-order valence-electron chi connectivity index (χ2n) is 4.38. The monoisotopic (exact) mass is 214 g/mol. The fourth-order valence-electron chi connectivity index (χ4n) is 1.90. The molecule has 0 bridgehead atoms. The molecule has 4 N–H and O–H groups in total. The van der Waals surface area contributed by atoms with E-state index in [0.717, 1.165) is 12.8 Å². The van der Waals surface area contributed by atoms with Gasteiger partial charge in [-0.2, -0.15) is 0 Å². The zero-order valence-corrected chi connectivity index (χ0v) is 10.2. The minimum absolute atomic E-state index is 0.0411. The molecule has 3 nitrogen and oxygen atoms in total. The van der Waals surface area contributed by atoms with Crippen LogP contribution in [0, 0.1) is 5.92 Å². The molecule has 1 atom stereocenters. The number of amides is 1. The van der Waals surface area contributed by atoms with Crippen LogP contribution < -0.4 is 11.5 Å². The van der Waals surface area contributed by atoms with Gasteiger partial charge in [-0.05, 0) is 18.8 Å². The van der Waals surface area contributed by atoms with E-state index in [2.05, 4.69) is 13.8 Å². The van der Waals surface area contributed by atoms with E-state index in [-0.39, 0.29) is 11.9 Å². The summed E-state index contributed by atoms with van der Waals surface area (Å²) in [6.45, 7) is 4.35. The first-order valence-electron chi connectivity index (χ1n) is 6.15. The Hall–Kier alpha value is -0.570. The fourth-order valence-corrected chi connectivity index (χ4v) is 1.90. The van der Waals surface area contributed by atoms with Crippen molar-refractivity contribution in [1.29, 1.82) is 0 Å². The van der Waals surface area contributed by atoms with E-state index >= 15 is 0 Å². The highest BCUT2D eigenvalue weighted by Gasteiger charge is 2.18. The summed E-state index contributed by atoms with van der Waals surface area (Å²) >= 11 is 0. The number of rotatable bonds is 9. The number of primary amides is 1. The second-order valence-corrected chi connectivity index (χ2v) is 4.38. The zero-order valence-electron chi connectivity index (χ0n) is 10.2. The molecule has 0 fully saturated rings. The molecule has 0 radical (unpaired) electrons. The highest BCUT2D eigenvalue weighted by atomic mass is 16.1. The van der Waals surface area contributed by atoms with Gasteiger partial charge in [0.1, 0.15) is 0 Å². The summed E-state index contributed by atoms with van der Waals surface area (Å²) < 4.78 is 0. The van der Waals surface area contributed by atoms with Crippen LogP contribution in [0.5, 0.6) is 0 Å². The Morgan fingerprint density at radius 3 is 1.93 bits per heavy atom. The first-order valence-corrected chi connectivity index (χ1v) is 6.15. The lowest BCUT2D eigenvalue weighted by molar-refractivity contribution is -0.118. The van der Waals surface area contributed by atoms with Crippen LogP contribution in [0.15, 0.2) is 0 Å². The van der Waals surface area contributed by atoms with Gasteiger partial charge in [0.05, 0.1) is 0 Å². The Morgan fingerprint density at radius 2 is 1.60 bits per heavy atom. The minimum Gasteiger partial charge on any atom is -0.370 e. The maximum atomic E-state index is 10.8. The van der Waals surface area contributed by atoms with Crippen LogP contribution in [-0.2, 0) is 4.79 Å². The molecular weight excluding hydrogens is 188 g/mol. The van der Waals surface area contributed by atoms with Gasteiger partial charge in [-0.3, -0.25) is 4.79 Å². The SMILES string of the molecule is CCCCC(CCCC)C(N)CC(N)=O. The molecular formula is C12H26N2O. The Morgan fingerprint density at radius 1 is 1.13 bits per heavy atom. The molecule has 3 heteroatoms. The molecule has 0 spiro atoms. The number of hydrogen-bond acceptors (Lipinski definition) is 2. The molecule has 0 aliphatic carbocycles.